The van der Waals surface area contributed by atoms with Crippen molar-refractivity contribution >= 4 is 38.7 Å². The maximum Gasteiger partial charge on any atom is 0.271 e. The third-order valence-corrected chi connectivity index (χ3v) is 9.00. The Balaban J connectivity index is 1.67. The van der Waals surface area contributed by atoms with Crippen LogP contribution in [0.15, 0.2) is 71.6 Å². The predicted octanol–water partition coefficient (Wildman–Crippen LogP) is 6.17. The third kappa shape index (κ3) is 6.78. The zero-order valence-electron chi connectivity index (χ0n) is 22.7. The zero-order chi connectivity index (χ0) is 28.3. The van der Waals surface area contributed by atoms with E-state index in [1.807, 2.05) is 36.4 Å². The molecular formula is C29H33ClN4O3S2. The lowest BCUT2D eigenvalue weighted by Gasteiger charge is -2.30. The van der Waals surface area contributed by atoms with Gasteiger partial charge in [0.25, 0.3) is 5.91 Å². The second-order valence-electron chi connectivity index (χ2n) is 9.92. The van der Waals surface area contributed by atoms with Crippen LogP contribution in [0.5, 0.6) is 0 Å². The molecule has 2 aromatic heterocycles. The van der Waals surface area contributed by atoms with Crippen LogP contribution in [-0.4, -0.2) is 60.4 Å². The highest BCUT2D eigenvalue weighted by molar-refractivity contribution is 7.90. The molecule has 0 fully saturated rings. The smallest absolute Gasteiger partial charge is 0.271 e. The van der Waals surface area contributed by atoms with Crippen molar-refractivity contribution in [2.75, 3.05) is 19.3 Å². The highest BCUT2D eigenvalue weighted by atomic mass is 35.5. The summed E-state index contributed by atoms with van der Waals surface area (Å²) < 4.78 is 25.8. The zero-order valence-corrected chi connectivity index (χ0v) is 25.1. The molecule has 7 nitrogen and oxygen atoms in total. The van der Waals surface area contributed by atoms with E-state index in [1.54, 1.807) is 35.0 Å². The van der Waals surface area contributed by atoms with E-state index in [1.165, 1.54) is 17.6 Å². The number of aromatic nitrogens is 2. The van der Waals surface area contributed by atoms with Crippen LogP contribution in [-0.2, 0) is 9.84 Å². The standard InChI is InChI=1S/C29H33ClN4O3S2/c1-19(2)33(20(3)4)16-15-31-29(35)24-18-26(34(32-24)25-12-7-6-11-23(25)30)28-14-13-27(38-28)21-9-8-10-22(17-21)39(5,36)37/h6-14,17-20H,15-16H2,1-5H3,(H,31,35). The Kier molecular flexibility index (Phi) is 8.96. The summed E-state index contributed by atoms with van der Waals surface area (Å²) in [5.41, 5.74) is 2.47. The van der Waals surface area contributed by atoms with Gasteiger partial charge in [-0.15, -0.1) is 11.3 Å². The molecule has 0 unspecified atom stereocenters. The van der Waals surface area contributed by atoms with Gasteiger partial charge in [-0.1, -0.05) is 35.9 Å². The number of sulfone groups is 1. The summed E-state index contributed by atoms with van der Waals surface area (Å²) in [6.45, 7) is 9.82. The number of carbonyl (C=O) groups is 1. The fraction of sp³-hybridized carbons (Fsp3) is 0.310. The molecule has 2 heterocycles. The molecule has 0 atom stereocenters. The van der Waals surface area contributed by atoms with Gasteiger partial charge in [-0.2, -0.15) is 5.10 Å². The molecular weight excluding hydrogens is 552 g/mol. The van der Waals surface area contributed by atoms with Gasteiger partial charge >= 0.3 is 0 Å². The number of halogens is 1. The number of thiophene rings is 1. The van der Waals surface area contributed by atoms with Crippen molar-refractivity contribution in [2.45, 2.75) is 44.7 Å². The largest absolute Gasteiger partial charge is 0.349 e. The van der Waals surface area contributed by atoms with Crippen LogP contribution in [0.1, 0.15) is 38.2 Å². The number of benzene rings is 2. The lowest BCUT2D eigenvalue weighted by atomic mass is 10.2. The second-order valence-corrected chi connectivity index (χ2v) is 13.4. The lowest BCUT2D eigenvalue weighted by molar-refractivity contribution is 0.0934. The Hall–Kier alpha value is -2.98. The highest BCUT2D eigenvalue weighted by Gasteiger charge is 2.20. The van der Waals surface area contributed by atoms with E-state index >= 15 is 0 Å². The first-order valence-electron chi connectivity index (χ1n) is 12.8. The minimum atomic E-state index is -3.33. The van der Waals surface area contributed by atoms with Crippen LogP contribution >= 0.6 is 22.9 Å². The molecule has 0 aliphatic rings. The van der Waals surface area contributed by atoms with Crippen molar-refractivity contribution in [3.63, 3.8) is 0 Å². The molecule has 0 aliphatic heterocycles. The summed E-state index contributed by atoms with van der Waals surface area (Å²) in [6.07, 6.45) is 1.20. The number of hydrogen-bond donors (Lipinski definition) is 1. The van der Waals surface area contributed by atoms with E-state index in [0.29, 0.717) is 35.0 Å². The Morgan fingerprint density at radius 1 is 1.00 bits per heavy atom. The maximum atomic E-state index is 13.1. The molecule has 4 rings (SSSR count). The van der Waals surface area contributed by atoms with Gasteiger partial charge in [-0.3, -0.25) is 9.69 Å². The summed E-state index contributed by atoms with van der Waals surface area (Å²) >= 11 is 8.01. The van der Waals surface area contributed by atoms with Crippen molar-refractivity contribution < 1.29 is 13.2 Å². The number of para-hydroxylation sites is 1. The first kappa shape index (κ1) is 29.0. The summed E-state index contributed by atoms with van der Waals surface area (Å²) in [6, 6.07) is 20.6. The Labute approximate surface area is 239 Å². The maximum absolute atomic E-state index is 13.1. The van der Waals surface area contributed by atoms with Crippen LogP contribution in [0.25, 0.3) is 26.7 Å². The summed E-state index contributed by atoms with van der Waals surface area (Å²) in [7, 11) is -3.33. The van der Waals surface area contributed by atoms with Crippen LogP contribution < -0.4 is 5.32 Å². The first-order chi connectivity index (χ1) is 18.5. The van der Waals surface area contributed by atoms with Crippen LogP contribution in [0.2, 0.25) is 5.02 Å². The first-order valence-corrected chi connectivity index (χ1v) is 15.8. The van der Waals surface area contributed by atoms with Crippen molar-refractivity contribution in [3.05, 3.63) is 77.4 Å². The molecule has 0 spiro atoms. The molecule has 0 radical (unpaired) electrons. The number of nitrogens with zero attached hydrogens (tertiary/aromatic N) is 3. The van der Waals surface area contributed by atoms with Crippen molar-refractivity contribution in [2.24, 2.45) is 0 Å². The number of nitrogens with one attached hydrogen (secondary N) is 1. The van der Waals surface area contributed by atoms with Gasteiger partial charge in [0.15, 0.2) is 15.5 Å². The molecule has 206 valence electrons. The van der Waals surface area contributed by atoms with Crippen molar-refractivity contribution in [1.29, 1.82) is 0 Å². The van der Waals surface area contributed by atoms with Crippen LogP contribution in [0.3, 0.4) is 0 Å². The van der Waals surface area contributed by atoms with Gasteiger partial charge in [-0.05, 0) is 75.7 Å². The average Bonchev–Trinajstić information content (AvgIpc) is 3.54. The molecule has 0 saturated carbocycles. The Morgan fingerprint density at radius 2 is 1.69 bits per heavy atom. The molecule has 2 aromatic carbocycles. The minimum Gasteiger partial charge on any atom is -0.349 e. The van der Waals surface area contributed by atoms with E-state index < -0.39 is 9.84 Å². The summed E-state index contributed by atoms with van der Waals surface area (Å²) in [4.78, 5) is 17.5. The van der Waals surface area contributed by atoms with Crippen molar-refractivity contribution in [1.82, 2.24) is 20.0 Å². The van der Waals surface area contributed by atoms with Crippen LogP contribution in [0.4, 0.5) is 0 Å². The molecule has 10 heteroatoms. The van der Waals surface area contributed by atoms with Crippen LogP contribution in [0, 0.1) is 0 Å². The lowest BCUT2D eigenvalue weighted by Crippen LogP contribution is -2.42. The SMILES string of the molecule is CC(C)N(CCNC(=O)c1cc(-c2ccc(-c3cccc(S(C)(=O)=O)c3)s2)n(-c2ccccc2Cl)n1)C(C)C. The van der Waals surface area contributed by atoms with Crippen molar-refractivity contribution in [3.8, 4) is 26.7 Å². The van der Waals surface area contributed by atoms with E-state index in [4.69, 9.17) is 11.6 Å². The Morgan fingerprint density at radius 3 is 2.36 bits per heavy atom. The second kappa shape index (κ2) is 12.0. The average molecular weight is 585 g/mol. The molecule has 0 aliphatic carbocycles. The summed E-state index contributed by atoms with van der Waals surface area (Å²) in [5, 5.41) is 8.16. The molecule has 1 amide bonds. The number of hydrogen-bond acceptors (Lipinski definition) is 6. The van der Waals surface area contributed by atoms with Gasteiger partial charge in [0, 0.05) is 36.3 Å². The summed E-state index contributed by atoms with van der Waals surface area (Å²) in [5.74, 6) is -0.257. The van der Waals surface area contributed by atoms with E-state index in [2.05, 4.69) is 43.0 Å². The molecule has 1 N–H and O–H groups in total. The van der Waals surface area contributed by atoms with Gasteiger partial charge in [-0.25, -0.2) is 13.1 Å². The van der Waals surface area contributed by atoms with Gasteiger partial charge in [0.1, 0.15) is 0 Å². The highest BCUT2D eigenvalue weighted by Crippen LogP contribution is 2.37. The number of amides is 1. The van der Waals surface area contributed by atoms with Gasteiger partial charge in [0.05, 0.1) is 26.2 Å². The molecule has 0 bridgehead atoms. The predicted molar refractivity (Wildman–Crippen MR) is 160 cm³/mol. The fourth-order valence-electron chi connectivity index (χ4n) is 4.49. The van der Waals surface area contributed by atoms with E-state index in [9.17, 15) is 13.2 Å². The molecule has 39 heavy (non-hydrogen) atoms. The fourth-order valence-corrected chi connectivity index (χ4v) is 6.37. The monoisotopic (exact) mass is 584 g/mol. The van der Waals surface area contributed by atoms with Gasteiger partial charge < -0.3 is 5.32 Å². The molecule has 4 aromatic rings. The number of rotatable bonds is 10. The Bertz CT molecular complexity index is 1570. The van der Waals surface area contributed by atoms with E-state index in [-0.39, 0.29) is 10.8 Å². The quantitative estimate of drug-likeness (QED) is 0.241. The normalized spacial score (nSPS) is 12.0. The van der Waals surface area contributed by atoms with Gasteiger partial charge in [0.2, 0.25) is 0 Å². The number of carbonyl (C=O) groups excluding carboxylic acids is 1. The third-order valence-electron chi connectivity index (χ3n) is 6.41. The minimum absolute atomic E-state index is 0.257. The molecule has 0 saturated heterocycles. The van der Waals surface area contributed by atoms with E-state index in [0.717, 1.165) is 27.6 Å². The topological polar surface area (TPSA) is 84.3 Å².